The van der Waals surface area contributed by atoms with E-state index < -0.39 is 12.1 Å². The third kappa shape index (κ3) is 43.7. The molecule has 6 nitrogen and oxygen atoms in total. The minimum Gasteiger partial charge on any atom is -0.466 e. The van der Waals surface area contributed by atoms with Crippen LogP contribution in [0.2, 0.25) is 0 Å². The predicted molar refractivity (Wildman–Crippen MR) is 250 cm³/mol. The highest BCUT2D eigenvalue weighted by atomic mass is 16.5. The van der Waals surface area contributed by atoms with Crippen LogP contribution in [0.5, 0.6) is 0 Å². The van der Waals surface area contributed by atoms with Crippen LogP contribution in [0.25, 0.3) is 0 Å². The van der Waals surface area contributed by atoms with Gasteiger partial charge in [-0.3, -0.25) is 9.59 Å². The van der Waals surface area contributed by atoms with Crippen molar-refractivity contribution in [3.05, 3.63) is 36.5 Å². The highest BCUT2D eigenvalue weighted by Crippen LogP contribution is 2.14. The molecule has 2 unspecified atom stereocenters. The van der Waals surface area contributed by atoms with E-state index in [2.05, 4.69) is 43.5 Å². The number of aliphatic hydroxyl groups is 2. The zero-order chi connectivity index (χ0) is 42.3. The first-order chi connectivity index (χ1) is 28.5. The van der Waals surface area contributed by atoms with Crippen LogP contribution in [0, 0.1) is 0 Å². The second-order valence-corrected chi connectivity index (χ2v) is 17.1. The number of aliphatic hydroxyl groups excluding tert-OH is 2. The molecule has 0 aliphatic rings. The van der Waals surface area contributed by atoms with Crippen molar-refractivity contribution in [3.63, 3.8) is 0 Å². The maximum atomic E-state index is 12.4. The second kappa shape index (κ2) is 47.8. The molecule has 0 aliphatic carbocycles. The van der Waals surface area contributed by atoms with E-state index in [9.17, 15) is 19.8 Å². The van der Waals surface area contributed by atoms with Crippen molar-refractivity contribution in [1.82, 2.24) is 5.32 Å². The molecule has 0 spiro atoms. The Balaban J connectivity index is 3.49. The molecule has 0 aromatic carbocycles. The lowest BCUT2D eigenvalue weighted by molar-refractivity contribution is -0.143. The number of unbranched alkanes of at least 4 members (excludes halogenated alkanes) is 31. The number of carbonyl (C=O) groups excluding carboxylic acids is 2. The van der Waals surface area contributed by atoms with Crippen molar-refractivity contribution in [3.8, 4) is 0 Å². The number of ether oxygens (including phenoxy) is 1. The van der Waals surface area contributed by atoms with Gasteiger partial charge in [-0.05, 0) is 77.0 Å². The minimum absolute atomic E-state index is 0.00987. The third-order valence-electron chi connectivity index (χ3n) is 11.4. The van der Waals surface area contributed by atoms with E-state index in [1.807, 2.05) is 6.08 Å². The normalized spacial score (nSPS) is 13.0. The largest absolute Gasteiger partial charge is 0.466 e. The van der Waals surface area contributed by atoms with Gasteiger partial charge in [-0.25, -0.2) is 0 Å². The van der Waals surface area contributed by atoms with Crippen molar-refractivity contribution in [1.29, 1.82) is 0 Å². The monoisotopic (exact) mass is 816 g/mol. The molecule has 0 heterocycles. The summed E-state index contributed by atoms with van der Waals surface area (Å²) in [5, 5.41) is 23.0. The molecular weight excluding hydrogens is 719 g/mol. The molecule has 0 aromatic heterocycles. The maximum Gasteiger partial charge on any atom is 0.305 e. The Morgan fingerprint density at radius 1 is 0.466 bits per heavy atom. The van der Waals surface area contributed by atoms with Gasteiger partial charge in [-0.2, -0.15) is 0 Å². The van der Waals surface area contributed by atoms with Gasteiger partial charge in [0.05, 0.1) is 25.4 Å². The van der Waals surface area contributed by atoms with Gasteiger partial charge in [0.25, 0.3) is 0 Å². The number of carbonyl (C=O) groups is 2. The smallest absolute Gasteiger partial charge is 0.305 e. The molecule has 0 aliphatic heterocycles. The van der Waals surface area contributed by atoms with Gasteiger partial charge in [0.1, 0.15) is 0 Å². The molecule has 0 aromatic rings. The molecule has 0 bridgehead atoms. The molecule has 3 N–H and O–H groups in total. The minimum atomic E-state index is -0.852. The van der Waals surface area contributed by atoms with Crippen LogP contribution in [0.15, 0.2) is 36.5 Å². The highest BCUT2D eigenvalue weighted by molar-refractivity contribution is 5.76. The SMILES string of the molecule is CCCC/C=C\CCCCCCCC(=O)OCCCCCCCCCCC/C=C\CCCCCCCC(=O)NC(CO)C(O)/C=C/CCCCCCCCCCCC. The van der Waals surface area contributed by atoms with Crippen molar-refractivity contribution < 1.29 is 24.5 Å². The zero-order valence-corrected chi connectivity index (χ0v) is 38.5. The molecule has 0 saturated heterocycles. The Kier molecular flexibility index (Phi) is 46.2. The van der Waals surface area contributed by atoms with E-state index in [-0.39, 0.29) is 18.5 Å². The first-order valence-corrected chi connectivity index (χ1v) is 25.3. The number of amides is 1. The van der Waals surface area contributed by atoms with Crippen LogP contribution in [0.1, 0.15) is 258 Å². The van der Waals surface area contributed by atoms with Crippen molar-refractivity contribution in [2.45, 2.75) is 270 Å². The Morgan fingerprint density at radius 2 is 0.828 bits per heavy atom. The fourth-order valence-electron chi connectivity index (χ4n) is 7.43. The fraction of sp³-hybridized carbons (Fsp3) is 0.846. The Bertz CT molecular complexity index is 946. The van der Waals surface area contributed by atoms with Gasteiger partial charge in [-0.1, -0.05) is 204 Å². The number of hydrogen-bond acceptors (Lipinski definition) is 5. The van der Waals surface area contributed by atoms with E-state index in [0.717, 1.165) is 64.2 Å². The summed E-state index contributed by atoms with van der Waals surface area (Å²) in [6.07, 6.45) is 57.1. The van der Waals surface area contributed by atoms with Crippen LogP contribution in [-0.2, 0) is 14.3 Å². The standard InChI is InChI=1S/C52H97NO5/c1-3-5-7-9-11-13-15-25-28-32-36-40-44-50(55)49(48-54)53-51(56)45-41-37-33-29-26-22-20-18-16-17-19-21-23-27-31-35-39-43-47-58-52(57)46-42-38-34-30-24-14-12-10-8-6-4-2/h10,12,18,20,40,44,49-50,54-55H,3-9,11,13-17,19,21-39,41-43,45-48H2,1-2H3,(H,53,56)/b12-10-,20-18-,44-40+. The first-order valence-electron chi connectivity index (χ1n) is 25.3. The maximum absolute atomic E-state index is 12.4. The van der Waals surface area contributed by atoms with Gasteiger partial charge in [0.15, 0.2) is 0 Å². The molecule has 0 saturated carbocycles. The van der Waals surface area contributed by atoms with E-state index >= 15 is 0 Å². The van der Waals surface area contributed by atoms with Crippen LogP contribution >= 0.6 is 0 Å². The van der Waals surface area contributed by atoms with Crippen LogP contribution < -0.4 is 5.32 Å². The van der Waals surface area contributed by atoms with Crippen molar-refractivity contribution in [2.75, 3.05) is 13.2 Å². The molecule has 6 heteroatoms. The predicted octanol–water partition coefficient (Wildman–Crippen LogP) is 14.9. The van der Waals surface area contributed by atoms with E-state index in [4.69, 9.17) is 4.74 Å². The van der Waals surface area contributed by atoms with Gasteiger partial charge in [0.2, 0.25) is 5.91 Å². The Hall–Kier alpha value is -1.92. The summed E-state index contributed by atoms with van der Waals surface area (Å²) in [6, 6.07) is -0.637. The summed E-state index contributed by atoms with van der Waals surface area (Å²) in [6.45, 7) is 4.83. The molecular formula is C52H97NO5. The van der Waals surface area contributed by atoms with Gasteiger partial charge < -0.3 is 20.3 Å². The Morgan fingerprint density at radius 3 is 1.28 bits per heavy atom. The Labute approximate surface area is 360 Å². The zero-order valence-electron chi connectivity index (χ0n) is 38.5. The average molecular weight is 816 g/mol. The number of nitrogens with one attached hydrogen (secondary N) is 1. The molecule has 2 atom stereocenters. The summed E-state index contributed by atoms with van der Waals surface area (Å²) in [4.78, 5) is 24.4. The lowest BCUT2D eigenvalue weighted by atomic mass is 10.1. The second-order valence-electron chi connectivity index (χ2n) is 17.1. The lowest BCUT2D eigenvalue weighted by Gasteiger charge is -2.20. The van der Waals surface area contributed by atoms with Gasteiger partial charge in [-0.15, -0.1) is 0 Å². The van der Waals surface area contributed by atoms with Crippen molar-refractivity contribution >= 4 is 11.9 Å². The molecule has 0 fully saturated rings. The average Bonchev–Trinajstić information content (AvgIpc) is 3.22. The van der Waals surface area contributed by atoms with Gasteiger partial charge in [0, 0.05) is 12.8 Å². The quantitative estimate of drug-likeness (QED) is 0.0323. The molecule has 1 amide bonds. The van der Waals surface area contributed by atoms with Gasteiger partial charge >= 0.3 is 5.97 Å². The molecule has 0 radical (unpaired) electrons. The summed E-state index contributed by atoms with van der Waals surface area (Å²) >= 11 is 0. The number of hydrogen-bond donors (Lipinski definition) is 3. The van der Waals surface area contributed by atoms with Crippen LogP contribution in [0.4, 0.5) is 0 Å². The van der Waals surface area contributed by atoms with E-state index in [0.29, 0.717) is 19.4 Å². The highest BCUT2D eigenvalue weighted by Gasteiger charge is 2.18. The summed E-state index contributed by atoms with van der Waals surface area (Å²) < 4.78 is 5.44. The van der Waals surface area contributed by atoms with Crippen LogP contribution in [0.3, 0.4) is 0 Å². The van der Waals surface area contributed by atoms with Crippen molar-refractivity contribution in [2.24, 2.45) is 0 Å². The van der Waals surface area contributed by atoms with E-state index in [1.165, 1.54) is 167 Å². The molecule has 0 rings (SSSR count). The van der Waals surface area contributed by atoms with E-state index in [1.54, 1.807) is 6.08 Å². The third-order valence-corrected chi connectivity index (χ3v) is 11.4. The fourth-order valence-corrected chi connectivity index (χ4v) is 7.43. The summed E-state index contributed by atoms with van der Waals surface area (Å²) in [7, 11) is 0. The summed E-state index contributed by atoms with van der Waals surface area (Å²) in [5.41, 5.74) is 0. The number of rotatable bonds is 46. The lowest BCUT2D eigenvalue weighted by Crippen LogP contribution is -2.45. The van der Waals surface area contributed by atoms with Crippen LogP contribution in [-0.4, -0.2) is 47.4 Å². The number of esters is 1. The topological polar surface area (TPSA) is 95.9 Å². The summed E-state index contributed by atoms with van der Waals surface area (Å²) in [5.74, 6) is -0.0941. The molecule has 340 valence electrons. The first kappa shape index (κ1) is 56.1. The molecule has 58 heavy (non-hydrogen) atoms. The number of allylic oxidation sites excluding steroid dienone is 5.